The molecule has 104 valence electrons. The van der Waals surface area contributed by atoms with E-state index in [-0.39, 0.29) is 5.91 Å². The van der Waals surface area contributed by atoms with Crippen LogP contribution in [-0.2, 0) is 4.74 Å². The van der Waals surface area contributed by atoms with Gasteiger partial charge in [0.15, 0.2) is 0 Å². The van der Waals surface area contributed by atoms with Crippen molar-refractivity contribution in [2.75, 3.05) is 38.3 Å². The monoisotopic (exact) mass is 271 g/mol. The summed E-state index contributed by atoms with van der Waals surface area (Å²) in [4.78, 5) is 18.5. The lowest BCUT2D eigenvalue weighted by atomic mass is 10.1. The smallest absolute Gasteiger partial charge is 0.251 e. The Kier molecular flexibility index (Phi) is 3.52. The summed E-state index contributed by atoms with van der Waals surface area (Å²) in [6.07, 6.45) is 0. The van der Waals surface area contributed by atoms with Gasteiger partial charge in [0.1, 0.15) is 5.82 Å². The Morgan fingerprint density at radius 3 is 2.80 bits per heavy atom. The van der Waals surface area contributed by atoms with Crippen LogP contribution in [0.4, 0.5) is 5.82 Å². The van der Waals surface area contributed by atoms with Crippen molar-refractivity contribution in [1.29, 1.82) is 0 Å². The quantitative estimate of drug-likeness (QED) is 0.898. The second-order valence-electron chi connectivity index (χ2n) is 4.76. The normalized spacial score (nSPS) is 15.3. The molecule has 0 radical (unpaired) electrons. The maximum absolute atomic E-state index is 11.6. The topological polar surface area (TPSA) is 54.5 Å². The predicted octanol–water partition coefficient (Wildman–Crippen LogP) is 1.43. The first-order chi connectivity index (χ1) is 9.78. The van der Waals surface area contributed by atoms with Crippen LogP contribution in [0.5, 0.6) is 0 Å². The summed E-state index contributed by atoms with van der Waals surface area (Å²) in [5.41, 5.74) is 1.56. The van der Waals surface area contributed by atoms with Crippen molar-refractivity contribution >= 4 is 22.6 Å². The van der Waals surface area contributed by atoms with Crippen LogP contribution in [0, 0.1) is 0 Å². The van der Waals surface area contributed by atoms with Gasteiger partial charge in [0.25, 0.3) is 5.91 Å². The lowest BCUT2D eigenvalue weighted by Crippen LogP contribution is -2.36. The third-order valence-corrected chi connectivity index (χ3v) is 3.50. The molecule has 1 aromatic heterocycles. The molecule has 1 aromatic carbocycles. The van der Waals surface area contributed by atoms with E-state index in [1.807, 2.05) is 24.3 Å². The van der Waals surface area contributed by atoms with Crippen molar-refractivity contribution in [3.63, 3.8) is 0 Å². The maximum atomic E-state index is 11.6. The Balaban J connectivity index is 1.93. The third-order valence-electron chi connectivity index (χ3n) is 3.50. The number of benzene rings is 1. The van der Waals surface area contributed by atoms with Crippen molar-refractivity contribution in [3.05, 3.63) is 35.9 Å². The van der Waals surface area contributed by atoms with Crippen molar-refractivity contribution in [1.82, 2.24) is 10.3 Å². The number of anilines is 1. The fourth-order valence-corrected chi connectivity index (χ4v) is 2.37. The van der Waals surface area contributed by atoms with Gasteiger partial charge in [0.2, 0.25) is 0 Å². The van der Waals surface area contributed by atoms with Gasteiger partial charge >= 0.3 is 0 Å². The molecular formula is C15H17N3O2. The number of hydrogen-bond donors (Lipinski definition) is 1. The number of morpholine rings is 1. The minimum Gasteiger partial charge on any atom is -0.378 e. The highest BCUT2D eigenvalue weighted by atomic mass is 16.5. The summed E-state index contributed by atoms with van der Waals surface area (Å²) < 4.78 is 5.35. The second kappa shape index (κ2) is 5.46. The van der Waals surface area contributed by atoms with Gasteiger partial charge in [-0.2, -0.15) is 0 Å². The van der Waals surface area contributed by atoms with Gasteiger partial charge in [0.05, 0.1) is 18.7 Å². The zero-order valence-corrected chi connectivity index (χ0v) is 11.4. The number of carbonyl (C=O) groups excluding carboxylic acids is 1. The number of nitrogens with one attached hydrogen (secondary N) is 1. The van der Waals surface area contributed by atoms with E-state index in [0.717, 1.165) is 43.0 Å². The summed E-state index contributed by atoms with van der Waals surface area (Å²) >= 11 is 0. The maximum Gasteiger partial charge on any atom is 0.251 e. The number of fused-ring (bicyclic) bond motifs is 1. The fourth-order valence-electron chi connectivity index (χ4n) is 2.37. The standard InChI is InChI=1S/C15H17N3O2/c1-16-15(19)12-2-4-13-11(10-12)3-5-14(17-13)18-6-8-20-9-7-18/h2-5,10H,6-9H2,1H3,(H,16,19). The van der Waals surface area contributed by atoms with Crippen molar-refractivity contribution in [2.24, 2.45) is 0 Å². The van der Waals surface area contributed by atoms with Crippen molar-refractivity contribution < 1.29 is 9.53 Å². The van der Waals surface area contributed by atoms with E-state index in [0.29, 0.717) is 5.56 Å². The molecule has 3 rings (SSSR count). The molecule has 1 aliphatic heterocycles. The van der Waals surface area contributed by atoms with Gasteiger partial charge in [-0.3, -0.25) is 4.79 Å². The fraction of sp³-hybridized carbons (Fsp3) is 0.333. The van der Waals surface area contributed by atoms with Crippen molar-refractivity contribution in [2.45, 2.75) is 0 Å². The second-order valence-corrected chi connectivity index (χ2v) is 4.76. The van der Waals surface area contributed by atoms with Crippen LogP contribution in [0.1, 0.15) is 10.4 Å². The highest BCUT2D eigenvalue weighted by Crippen LogP contribution is 2.20. The van der Waals surface area contributed by atoms with Crippen LogP contribution < -0.4 is 10.2 Å². The van der Waals surface area contributed by atoms with Crippen LogP contribution in [0.25, 0.3) is 10.9 Å². The molecule has 5 nitrogen and oxygen atoms in total. The van der Waals surface area contributed by atoms with Crippen molar-refractivity contribution in [3.8, 4) is 0 Å². The van der Waals surface area contributed by atoms with E-state index in [1.165, 1.54) is 0 Å². The predicted molar refractivity (Wildman–Crippen MR) is 78.2 cm³/mol. The minimum atomic E-state index is -0.0795. The van der Waals surface area contributed by atoms with E-state index >= 15 is 0 Å². The molecule has 1 saturated heterocycles. The van der Waals surface area contributed by atoms with E-state index in [2.05, 4.69) is 15.2 Å². The molecule has 0 saturated carbocycles. The average molecular weight is 271 g/mol. The molecule has 1 amide bonds. The number of amides is 1. The summed E-state index contributed by atoms with van der Waals surface area (Å²) in [6, 6.07) is 9.58. The van der Waals surface area contributed by atoms with Gasteiger partial charge in [-0.15, -0.1) is 0 Å². The molecule has 1 fully saturated rings. The van der Waals surface area contributed by atoms with Crippen LogP contribution in [0.2, 0.25) is 0 Å². The first-order valence-corrected chi connectivity index (χ1v) is 6.73. The molecule has 0 aliphatic carbocycles. The van der Waals surface area contributed by atoms with Crippen LogP contribution in [0.3, 0.4) is 0 Å². The highest BCUT2D eigenvalue weighted by molar-refractivity contribution is 5.97. The first-order valence-electron chi connectivity index (χ1n) is 6.73. The number of hydrogen-bond acceptors (Lipinski definition) is 4. The van der Waals surface area contributed by atoms with Gasteiger partial charge in [-0.25, -0.2) is 4.98 Å². The highest BCUT2D eigenvalue weighted by Gasteiger charge is 2.13. The van der Waals surface area contributed by atoms with Crippen LogP contribution >= 0.6 is 0 Å². The Morgan fingerprint density at radius 1 is 1.25 bits per heavy atom. The van der Waals surface area contributed by atoms with E-state index in [9.17, 15) is 4.79 Å². The Hall–Kier alpha value is -2.14. The average Bonchev–Trinajstić information content (AvgIpc) is 2.54. The molecular weight excluding hydrogens is 254 g/mol. The summed E-state index contributed by atoms with van der Waals surface area (Å²) in [6.45, 7) is 3.23. The Bertz CT molecular complexity index is 636. The zero-order valence-electron chi connectivity index (χ0n) is 11.4. The van der Waals surface area contributed by atoms with Gasteiger partial charge < -0.3 is 15.0 Å². The SMILES string of the molecule is CNC(=O)c1ccc2nc(N3CCOCC3)ccc2c1. The Labute approximate surface area is 117 Å². The molecule has 0 spiro atoms. The lowest BCUT2D eigenvalue weighted by Gasteiger charge is -2.27. The van der Waals surface area contributed by atoms with E-state index in [1.54, 1.807) is 13.1 Å². The zero-order chi connectivity index (χ0) is 13.9. The van der Waals surface area contributed by atoms with Crippen LogP contribution in [0.15, 0.2) is 30.3 Å². The van der Waals surface area contributed by atoms with E-state index in [4.69, 9.17) is 4.74 Å². The number of ether oxygens (including phenoxy) is 1. The summed E-state index contributed by atoms with van der Waals surface area (Å²) in [5, 5.41) is 3.60. The number of carbonyl (C=O) groups is 1. The van der Waals surface area contributed by atoms with E-state index < -0.39 is 0 Å². The molecule has 1 N–H and O–H groups in total. The minimum absolute atomic E-state index is 0.0795. The molecule has 5 heteroatoms. The number of aromatic nitrogens is 1. The molecule has 1 aliphatic rings. The molecule has 20 heavy (non-hydrogen) atoms. The molecule has 2 aromatic rings. The van der Waals surface area contributed by atoms with Gasteiger partial charge in [-0.05, 0) is 30.3 Å². The number of rotatable bonds is 2. The summed E-state index contributed by atoms with van der Waals surface area (Å²) in [7, 11) is 1.63. The van der Waals surface area contributed by atoms with Crippen LogP contribution in [-0.4, -0.2) is 44.2 Å². The largest absolute Gasteiger partial charge is 0.378 e. The number of nitrogens with zero attached hydrogens (tertiary/aromatic N) is 2. The number of pyridine rings is 1. The molecule has 0 bridgehead atoms. The molecule has 2 heterocycles. The van der Waals surface area contributed by atoms with Gasteiger partial charge in [-0.1, -0.05) is 0 Å². The molecule has 0 atom stereocenters. The lowest BCUT2D eigenvalue weighted by molar-refractivity contribution is 0.0963. The third kappa shape index (κ3) is 2.44. The molecule has 0 unspecified atom stereocenters. The van der Waals surface area contributed by atoms with Gasteiger partial charge in [0, 0.05) is 31.1 Å². The first kappa shape index (κ1) is 12.9. The Morgan fingerprint density at radius 2 is 2.05 bits per heavy atom. The summed E-state index contributed by atoms with van der Waals surface area (Å²) in [5.74, 6) is 0.887.